The maximum atomic E-state index is 12.4. The fraction of sp³-hybridized carbons (Fsp3) is 0.273. The maximum Gasteiger partial charge on any atom is 0.315 e. The molecule has 0 aliphatic rings. The largest absolute Gasteiger partial charge is 0.345 e. The standard InChI is InChI=1S/C22H24N4O3/c1-16-7-6-10-18(13-16)14-20(27)26(2)12-11-19-24-22(29-25-19)21(28)23-15-17-8-4-3-5-9-17/h3-10,13H,11-12,14-15H2,1-2H3,(H,23,28). The first kappa shape index (κ1) is 20.3. The van der Waals surface area contributed by atoms with Gasteiger partial charge in [-0.1, -0.05) is 65.3 Å². The minimum Gasteiger partial charge on any atom is -0.345 e. The zero-order valence-corrected chi connectivity index (χ0v) is 16.6. The number of aromatic nitrogens is 2. The number of nitrogens with one attached hydrogen (secondary N) is 1. The van der Waals surface area contributed by atoms with Gasteiger partial charge in [0, 0.05) is 26.6 Å². The summed E-state index contributed by atoms with van der Waals surface area (Å²) in [6.45, 7) is 2.82. The summed E-state index contributed by atoms with van der Waals surface area (Å²) in [5.74, 6) is -0.0915. The lowest BCUT2D eigenvalue weighted by Crippen LogP contribution is -2.30. The zero-order valence-electron chi connectivity index (χ0n) is 16.6. The predicted octanol–water partition coefficient (Wildman–Crippen LogP) is 2.55. The molecule has 0 aliphatic heterocycles. The smallest absolute Gasteiger partial charge is 0.315 e. The molecule has 29 heavy (non-hydrogen) atoms. The van der Waals surface area contributed by atoms with E-state index in [0.29, 0.717) is 31.8 Å². The number of likely N-dealkylation sites (N-methyl/N-ethyl adjacent to an activating group) is 1. The number of hydrogen-bond acceptors (Lipinski definition) is 5. The summed E-state index contributed by atoms with van der Waals surface area (Å²) in [5.41, 5.74) is 3.09. The van der Waals surface area contributed by atoms with Crippen LogP contribution in [0.4, 0.5) is 0 Å². The fourth-order valence-corrected chi connectivity index (χ4v) is 2.83. The Balaban J connectivity index is 1.46. The van der Waals surface area contributed by atoms with Crippen LogP contribution in [-0.4, -0.2) is 40.4 Å². The van der Waals surface area contributed by atoms with Crippen molar-refractivity contribution < 1.29 is 14.1 Å². The third kappa shape index (κ3) is 6.00. The Kier molecular flexibility index (Phi) is 6.73. The van der Waals surface area contributed by atoms with Crippen molar-refractivity contribution in [3.8, 4) is 0 Å². The minimum atomic E-state index is -0.420. The molecule has 0 aliphatic carbocycles. The highest BCUT2D eigenvalue weighted by Crippen LogP contribution is 2.07. The molecule has 0 spiro atoms. The van der Waals surface area contributed by atoms with Crippen molar-refractivity contribution in [1.29, 1.82) is 0 Å². The number of benzene rings is 2. The molecule has 0 bridgehead atoms. The molecule has 3 aromatic rings. The number of carbonyl (C=O) groups excluding carboxylic acids is 2. The van der Waals surface area contributed by atoms with Crippen LogP contribution in [0, 0.1) is 6.92 Å². The molecule has 0 saturated heterocycles. The quantitative estimate of drug-likeness (QED) is 0.636. The Hall–Kier alpha value is -3.48. The van der Waals surface area contributed by atoms with Crippen LogP contribution in [0.1, 0.15) is 33.2 Å². The van der Waals surface area contributed by atoms with Gasteiger partial charge in [0.1, 0.15) is 0 Å². The maximum absolute atomic E-state index is 12.4. The summed E-state index contributed by atoms with van der Waals surface area (Å²) in [6.07, 6.45) is 0.753. The van der Waals surface area contributed by atoms with E-state index < -0.39 is 5.91 Å². The Labute approximate surface area is 169 Å². The first-order chi connectivity index (χ1) is 14.0. The topological polar surface area (TPSA) is 88.3 Å². The van der Waals surface area contributed by atoms with E-state index in [9.17, 15) is 9.59 Å². The van der Waals surface area contributed by atoms with Crippen LogP contribution in [-0.2, 0) is 24.2 Å². The van der Waals surface area contributed by atoms with Crippen molar-refractivity contribution in [2.45, 2.75) is 26.3 Å². The number of amides is 2. The van der Waals surface area contributed by atoms with E-state index in [1.54, 1.807) is 11.9 Å². The minimum absolute atomic E-state index is 0.0138. The molecule has 1 heterocycles. The number of nitrogens with zero attached hydrogens (tertiary/aromatic N) is 3. The molecule has 2 amide bonds. The highest BCUT2D eigenvalue weighted by molar-refractivity contribution is 5.89. The van der Waals surface area contributed by atoms with Crippen LogP contribution in [0.15, 0.2) is 59.1 Å². The van der Waals surface area contributed by atoms with E-state index in [0.717, 1.165) is 16.7 Å². The summed E-state index contributed by atoms with van der Waals surface area (Å²) in [6, 6.07) is 17.5. The molecular weight excluding hydrogens is 368 g/mol. The molecule has 0 radical (unpaired) electrons. The van der Waals surface area contributed by atoms with Gasteiger partial charge in [-0.15, -0.1) is 0 Å². The SMILES string of the molecule is Cc1cccc(CC(=O)N(C)CCc2noc(C(=O)NCc3ccccc3)n2)c1. The molecule has 0 atom stereocenters. The zero-order chi connectivity index (χ0) is 20.6. The van der Waals surface area contributed by atoms with Gasteiger partial charge < -0.3 is 14.7 Å². The van der Waals surface area contributed by atoms with Gasteiger partial charge in [0.2, 0.25) is 5.91 Å². The van der Waals surface area contributed by atoms with E-state index in [2.05, 4.69) is 15.5 Å². The lowest BCUT2D eigenvalue weighted by Gasteiger charge is -2.16. The molecule has 0 saturated carbocycles. The van der Waals surface area contributed by atoms with Crippen LogP contribution in [0.5, 0.6) is 0 Å². The van der Waals surface area contributed by atoms with Crippen molar-refractivity contribution in [2.24, 2.45) is 0 Å². The second-order valence-electron chi connectivity index (χ2n) is 6.92. The summed E-state index contributed by atoms with van der Waals surface area (Å²) in [5, 5.41) is 6.58. The Morgan fingerprint density at radius 2 is 1.83 bits per heavy atom. The Bertz CT molecular complexity index is 969. The van der Waals surface area contributed by atoms with Crippen molar-refractivity contribution >= 4 is 11.8 Å². The predicted molar refractivity (Wildman–Crippen MR) is 108 cm³/mol. The van der Waals surface area contributed by atoms with Crippen LogP contribution in [0.25, 0.3) is 0 Å². The molecule has 1 aromatic heterocycles. The van der Waals surface area contributed by atoms with Gasteiger partial charge in [-0.3, -0.25) is 9.59 Å². The normalized spacial score (nSPS) is 10.6. The molecule has 1 N–H and O–H groups in total. The van der Waals surface area contributed by atoms with Crippen LogP contribution < -0.4 is 5.32 Å². The summed E-state index contributed by atoms with van der Waals surface area (Å²) < 4.78 is 5.04. The van der Waals surface area contributed by atoms with E-state index in [4.69, 9.17) is 4.52 Å². The van der Waals surface area contributed by atoms with E-state index in [1.807, 2.05) is 61.5 Å². The van der Waals surface area contributed by atoms with Gasteiger partial charge in [-0.2, -0.15) is 4.98 Å². The van der Waals surface area contributed by atoms with Crippen LogP contribution in [0.2, 0.25) is 0 Å². The first-order valence-corrected chi connectivity index (χ1v) is 9.45. The van der Waals surface area contributed by atoms with Crippen molar-refractivity contribution in [1.82, 2.24) is 20.4 Å². The van der Waals surface area contributed by atoms with E-state index >= 15 is 0 Å². The highest BCUT2D eigenvalue weighted by atomic mass is 16.5. The molecular formula is C22H24N4O3. The average Bonchev–Trinajstić information content (AvgIpc) is 3.20. The molecule has 3 rings (SSSR count). The van der Waals surface area contributed by atoms with Crippen molar-refractivity contribution in [3.63, 3.8) is 0 Å². The monoisotopic (exact) mass is 392 g/mol. The molecule has 7 nitrogen and oxygen atoms in total. The van der Waals surface area contributed by atoms with E-state index in [1.165, 1.54) is 0 Å². The number of rotatable bonds is 8. The lowest BCUT2D eigenvalue weighted by molar-refractivity contribution is -0.129. The number of aryl methyl sites for hydroxylation is 1. The number of hydrogen-bond donors (Lipinski definition) is 1. The summed E-state index contributed by atoms with van der Waals surface area (Å²) >= 11 is 0. The average molecular weight is 392 g/mol. The van der Waals surface area contributed by atoms with Gasteiger partial charge in [0.15, 0.2) is 5.82 Å². The van der Waals surface area contributed by atoms with E-state index in [-0.39, 0.29) is 11.8 Å². The summed E-state index contributed by atoms with van der Waals surface area (Å²) in [7, 11) is 1.74. The first-order valence-electron chi connectivity index (χ1n) is 9.45. The van der Waals surface area contributed by atoms with Crippen LogP contribution >= 0.6 is 0 Å². The second kappa shape index (κ2) is 9.64. The third-order valence-corrected chi connectivity index (χ3v) is 4.49. The van der Waals surface area contributed by atoms with Crippen molar-refractivity contribution in [3.05, 3.63) is 83.0 Å². The molecule has 0 fully saturated rings. The highest BCUT2D eigenvalue weighted by Gasteiger charge is 2.16. The summed E-state index contributed by atoms with van der Waals surface area (Å²) in [4.78, 5) is 30.3. The second-order valence-corrected chi connectivity index (χ2v) is 6.92. The molecule has 2 aromatic carbocycles. The molecule has 7 heteroatoms. The van der Waals surface area contributed by atoms with Crippen molar-refractivity contribution in [2.75, 3.05) is 13.6 Å². The van der Waals surface area contributed by atoms with Gasteiger partial charge in [0.05, 0.1) is 6.42 Å². The van der Waals surface area contributed by atoms with Gasteiger partial charge >= 0.3 is 11.8 Å². The third-order valence-electron chi connectivity index (χ3n) is 4.49. The Morgan fingerprint density at radius 1 is 1.07 bits per heavy atom. The van der Waals surface area contributed by atoms with Crippen LogP contribution in [0.3, 0.4) is 0 Å². The molecule has 0 unspecified atom stereocenters. The molecule has 150 valence electrons. The Morgan fingerprint density at radius 3 is 2.59 bits per heavy atom. The fourth-order valence-electron chi connectivity index (χ4n) is 2.83. The van der Waals surface area contributed by atoms with Gasteiger partial charge in [0.25, 0.3) is 0 Å². The lowest BCUT2D eigenvalue weighted by atomic mass is 10.1. The van der Waals surface area contributed by atoms with Gasteiger partial charge in [-0.05, 0) is 18.1 Å². The van der Waals surface area contributed by atoms with Gasteiger partial charge in [-0.25, -0.2) is 0 Å². The number of carbonyl (C=O) groups is 2.